The molecule has 136 valence electrons. The topological polar surface area (TPSA) is 181 Å². The van der Waals surface area contributed by atoms with Crippen LogP contribution in [0.4, 0.5) is 0 Å². The highest BCUT2D eigenvalue weighted by atomic mass is 32.2. The van der Waals surface area contributed by atoms with Crippen LogP contribution in [0, 0.1) is 0 Å². The van der Waals surface area contributed by atoms with Gasteiger partial charge in [0.15, 0.2) is 14.9 Å². The molecule has 1 saturated heterocycles. The number of hydrogen-bond acceptors (Lipinski definition) is 10. The van der Waals surface area contributed by atoms with Gasteiger partial charge in [0, 0.05) is 6.26 Å². The summed E-state index contributed by atoms with van der Waals surface area (Å²) in [6.07, 6.45) is -5.75. The molecule has 13 heteroatoms. The molecule has 5 atom stereocenters. The summed E-state index contributed by atoms with van der Waals surface area (Å²) >= 11 is 0. The zero-order chi connectivity index (χ0) is 18.3. The van der Waals surface area contributed by atoms with Gasteiger partial charge in [-0.15, -0.1) is 0 Å². The predicted molar refractivity (Wildman–Crippen MR) is 76.2 cm³/mol. The summed E-state index contributed by atoms with van der Waals surface area (Å²) in [5.41, 5.74) is -2.23. The molecule has 11 nitrogen and oxygen atoms in total. The minimum absolute atomic E-state index is 0.107. The Bertz CT molecular complexity index is 791. The molecule has 0 radical (unpaired) electrons. The van der Waals surface area contributed by atoms with Crippen molar-refractivity contribution in [3.05, 3.63) is 18.3 Å². The quantitative estimate of drug-likeness (QED) is 0.403. The summed E-state index contributed by atoms with van der Waals surface area (Å²) in [6.45, 7) is 0. The van der Waals surface area contributed by atoms with Crippen LogP contribution >= 0.6 is 0 Å². The van der Waals surface area contributed by atoms with Gasteiger partial charge in [0.05, 0.1) is 6.20 Å². The van der Waals surface area contributed by atoms with Crippen molar-refractivity contribution in [2.75, 3.05) is 6.26 Å². The molecule has 1 aliphatic heterocycles. The zero-order valence-corrected chi connectivity index (χ0v) is 13.8. The second kappa shape index (κ2) is 6.51. The number of aliphatic hydroxyl groups excluding tert-OH is 3. The van der Waals surface area contributed by atoms with E-state index in [0.29, 0.717) is 0 Å². The van der Waals surface area contributed by atoms with Crippen LogP contribution in [0.15, 0.2) is 23.4 Å². The molecule has 0 saturated carbocycles. The summed E-state index contributed by atoms with van der Waals surface area (Å²) in [6, 6.07) is 2.27. The maximum Gasteiger partial charge on any atom is 0.295 e. The number of pyridine rings is 1. The molecule has 0 spiro atoms. The number of ether oxygens (including phenoxy) is 2. The Hall–Kier alpha value is -1.35. The van der Waals surface area contributed by atoms with Gasteiger partial charge in [-0.3, -0.25) is 4.55 Å². The number of rotatable bonds is 4. The minimum atomic E-state index is -4.90. The molecule has 0 amide bonds. The van der Waals surface area contributed by atoms with Crippen molar-refractivity contribution in [1.29, 1.82) is 0 Å². The number of aromatic nitrogens is 1. The SMILES string of the molecule is CS(=O)(=O)c1ccc(O[C@@H]2OC(S(=O)(=O)O)[C@@H](O)[C@H](O)[C@H]2O)cn1. The third-order valence-electron chi connectivity index (χ3n) is 3.16. The third-order valence-corrected chi connectivity index (χ3v) is 5.14. The first-order chi connectivity index (χ1) is 10.9. The first-order valence-electron chi connectivity index (χ1n) is 6.40. The van der Waals surface area contributed by atoms with Crippen LogP contribution in [0.3, 0.4) is 0 Å². The standard InChI is InChI=1S/C11H15NO10S2/c1-23(16,17)6-3-2-5(4-12-6)21-10-8(14)7(13)9(15)11(22-10)24(18,19)20/h2-4,7-11,13-15H,1H3,(H,18,19,20)/t7-,8-,9+,10-,11?/m1/s1. The lowest BCUT2D eigenvalue weighted by Crippen LogP contribution is -2.61. The second-order valence-corrected chi connectivity index (χ2v) is 8.54. The van der Waals surface area contributed by atoms with E-state index in [1.165, 1.54) is 6.07 Å². The largest absolute Gasteiger partial charge is 0.460 e. The highest BCUT2D eigenvalue weighted by molar-refractivity contribution is 7.90. The molecule has 1 unspecified atom stereocenters. The lowest BCUT2D eigenvalue weighted by Gasteiger charge is -2.38. The van der Waals surface area contributed by atoms with E-state index in [1.54, 1.807) is 0 Å². The molecule has 2 heterocycles. The van der Waals surface area contributed by atoms with Gasteiger partial charge in [-0.05, 0) is 12.1 Å². The van der Waals surface area contributed by atoms with Crippen molar-refractivity contribution < 1.29 is 46.2 Å². The molecule has 1 fully saturated rings. The number of nitrogens with zero attached hydrogens (tertiary/aromatic N) is 1. The lowest BCUT2D eigenvalue weighted by atomic mass is 10.1. The Morgan fingerprint density at radius 1 is 1.08 bits per heavy atom. The monoisotopic (exact) mass is 385 g/mol. The summed E-state index contributed by atoms with van der Waals surface area (Å²) in [4.78, 5) is 3.61. The molecule has 1 aromatic rings. The van der Waals surface area contributed by atoms with Gasteiger partial charge in [-0.2, -0.15) is 8.42 Å². The maximum absolute atomic E-state index is 11.3. The van der Waals surface area contributed by atoms with Crippen LogP contribution in [-0.4, -0.2) is 78.0 Å². The summed E-state index contributed by atoms with van der Waals surface area (Å²) in [5.74, 6) is -0.107. The van der Waals surface area contributed by atoms with Gasteiger partial charge < -0.3 is 24.8 Å². The van der Waals surface area contributed by atoms with Crippen molar-refractivity contribution in [3.63, 3.8) is 0 Å². The molecule has 24 heavy (non-hydrogen) atoms. The third kappa shape index (κ3) is 4.00. The first kappa shape index (κ1) is 19.0. The number of hydrogen-bond donors (Lipinski definition) is 4. The van der Waals surface area contributed by atoms with Crippen LogP contribution in [0.1, 0.15) is 0 Å². The van der Waals surface area contributed by atoms with Crippen LogP contribution in [0.25, 0.3) is 0 Å². The molecular formula is C11H15NO10S2. The number of aliphatic hydroxyl groups is 3. The fraction of sp³-hybridized carbons (Fsp3) is 0.545. The van der Waals surface area contributed by atoms with Crippen LogP contribution in [0.5, 0.6) is 5.75 Å². The van der Waals surface area contributed by atoms with Gasteiger partial charge in [0.25, 0.3) is 10.1 Å². The van der Waals surface area contributed by atoms with E-state index >= 15 is 0 Å². The first-order valence-corrected chi connectivity index (χ1v) is 9.79. The van der Waals surface area contributed by atoms with Crippen LogP contribution in [-0.2, 0) is 24.7 Å². The normalized spacial score (nSPS) is 31.6. The maximum atomic E-state index is 11.3. The van der Waals surface area contributed by atoms with E-state index < -0.39 is 50.0 Å². The Morgan fingerprint density at radius 2 is 1.71 bits per heavy atom. The summed E-state index contributed by atoms with van der Waals surface area (Å²) < 4.78 is 63.8. The fourth-order valence-electron chi connectivity index (χ4n) is 1.95. The van der Waals surface area contributed by atoms with E-state index in [4.69, 9.17) is 14.0 Å². The zero-order valence-electron chi connectivity index (χ0n) is 12.1. The van der Waals surface area contributed by atoms with E-state index in [9.17, 15) is 32.2 Å². The van der Waals surface area contributed by atoms with Crippen molar-refractivity contribution in [2.24, 2.45) is 0 Å². The van der Waals surface area contributed by atoms with E-state index in [2.05, 4.69) is 4.98 Å². The molecule has 0 bridgehead atoms. The van der Waals surface area contributed by atoms with Crippen molar-refractivity contribution >= 4 is 20.0 Å². The summed E-state index contributed by atoms with van der Waals surface area (Å²) in [5, 5.41) is 28.7. The molecule has 1 aromatic heterocycles. The Balaban J connectivity index is 2.21. The predicted octanol–water partition coefficient (Wildman–Crippen LogP) is -2.48. The number of sulfone groups is 1. The van der Waals surface area contributed by atoms with Crippen molar-refractivity contribution in [3.8, 4) is 5.75 Å². The highest BCUT2D eigenvalue weighted by Gasteiger charge is 2.50. The van der Waals surface area contributed by atoms with E-state index in [-0.39, 0.29) is 10.8 Å². The molecule has 0 aliphatic carbocycles. The van der Waals surface area contributed by atoms with Crippen molar-refractivity contribution in [2.45, 2.75) is 35.1 Å². The average Bonchev–Trinajstić information content (AvgIpc) is 2.46. The Morgan fingerprint density at radius 3 is 2.17 bits per heavy atom. The smallest absolute Gasteiger partial charge is 0.295 e. The molecular weight excluding hydrogens is 370 g/mol. The van der Waals surface area contributed by atoms with E-state index in [1.807, 2.05) is 0 Å². The van der Waals surface area contributed by atoms with Crippen LogP contribution in [0.2, 0.25) is 0 Å². The molecule has 2 rings (SSSR count). The molecule has 4 N–H and O–H groups in total. The van der Waals surface area contributed by atoms with Gasteiger partial charge in [-0.1, -0.05) is 0 Å². The lowest BCUT2D eigenvalue weighted by molar-refractivity contribution is -0.254. The second-order valence-electron chi connectivity index (χ2n) is 5.08. The van der Waals surface area contributed by atoms with Gasteiger partial charge in [0.1, 0.15) is 24.1 Å². The Labute approximate surface area is 137 Å². The molecule has 0 aromatic carbocycles. The average molecular weight is 385 g/mol. The van der Waals surface area contributed by atoms with Crippen LogP contribution < -0.4 is 4.74 Å². The fourth-order valence-corrected chi connectivity index (χ4v) is 3.27. The highest BCUT2D eigenvalue weighted by Crippen LogP contribution is 2.26. The molecule has 1 aliphatic rings. The van der Waals surface area contributed by atoms with Gasteiger partial charge in [0.2, 0.25) is 11.7 Å². The minimum Gasteiger partial charge on any atom is -0.460 e. The Kier molecular flexibility index (Phi) is 5.15. The van der Waals surface area contributed by atoms with Gasteiger partial charge >= 0.3 is 0 Å². The van der Waals surface area contributed by atoms with Crippen molar-refractivity contribution in [1.82, 2.24) is 4.98 Å². The summed E-state index contributed by atoms with van der Waals surface area (Å²) in [7, 11) is -8.44. The van der Waals surface area contributed by atoms with E-state index in [0.717, 1.165) is 18.5 Å². The van der Waals surface area contributed by atoms with Gasteiger partial charge in [-0.25, -0.2) is 13.4 Å².